The summed E-state index contributed by atoms with van der Waals surface area (Å²) in [5.74, 6) is -0.351. The molecule has 2 amide bonds. The van der Waals surface area contributed by atoms with Gasteiger partial charge in [0.15, 0.2) is 5.82 Å². The molecule has 0 aliphatic rings. The lowest BCUT2D eigenvalue weighted by molar-refractivity contribution is -0.137. The van der Waals surface area contributed by atoms with E-state index in [1.165, 1.54) is 6.39 Å². The third-order valence-corrected chi connectivity index (χ3v) is 2.21. The number of carboxylic acid groups (broad SMARTS) is 1. The quantitative estimate of drug-likeness (QED) is 0.640. The van der Waals surface area contributed by atoms with Gasteiger partial charge in [-0.05, 0) is 13.3 Å². The van der Waals surface area contributed by atoms with E-state index in [1.54, 1.807) is 6.92 Å². The molecule has 1 unspecified atom stereocenters. The van der Waals surface area contributed by atoms with E-state index < -0.39 is 5.97 Å². The minimum absolute atomic E-state index is 0.0320. The molecule has 1 aromatic heterocycles. The van der Waals surface area contributed by atoms with Crippen molar-refractivity contribution in [1.82, 2.24) is 20.8 Å². The maximum atomic E-state index is 11.4. The van der Waals surface area contributed by atoms with E-state index in [0.717, 1.165) is 0 Å². The van der Waals surface area contributed by atoms with Gasteiger partial charge in [0, 0.05) is 25.4 Å². The van der Waals surface area contributed by atoms with Crippen LogP contribution in [-0.4, -0.2) is 39.8 Å². The number of hydrogen-bond donors (Lipinski definition) is 3. The van der Waals surface area contributed by atoms with Crippen LogP contribution in [0.25, 0.3) is 0 Å². The van der Waals surface area contributed by atoms with Crippen LogP contribution in [0.1, 0.15) is 25.6 Å². The lowest BCUT2D eigenvalue weighted by Crippen LogP contribution is -2.41. The largest absolute Gasteiger partial charge is 0.481 e. The summed E-state index contributed by atoms with van der Waals surface area (Å²) in [6.45, 7) is 2.14. The Balaban J connectivity index is 2.11. The molecular formula is C10H16N4O4. The fourth-order valence-electron chi connectivity index (χ4n) is 1.28. The van der Waals surface area contributed by atoms with Crippen molar-refractivity contribution in [3.05, 3.63) is 12.2 Å². The molecule has 18 heavy (non-hydrogen) atoms. The highest BCUT2D eigenvalue weighted by molar-refractivity contribution is 5.74. The zero-order chi connectivity index (χ0) is 13.4. The second kappa shape index (κ2) is 7.25. The van der Waals surface area contributed by atoms with Crippen LogP contribution >= 0.6 is 0 Å². The molecule has 1 heterocycles. The highest BCUT2D eigenvalue weighted by Crippen LogP contribution is 1.96. The molecule has 8 heteroatoms. The Labute approximate surface area is 104 Å². The van der Waals surface area contributed by atoms with Gasteiger partial charge in [-0.15, -0.1) is 0 Å². The minimum Gasteiger partial charge on any atom is -0.481 e. The number of amides is 2. The average Bonchev–Trinajstić information content (AvgIpc) is 2.79. The first-order valence-corrected chi connectivity index (χ1v) is 5.59. The number of carbonyl (C=O) groups excluding carboxylic acids is 1. The topological polar surface area (TPSA) is 117 Å². The van der Waals surface area contributed by atoms with Crippen molar-refractivity contribution in [2.45, 2.75) is 32.2 Å². The van der Waals surface area contributed by atoms with Crippen LogP contribution in [0.5, 0.6) is 0 Å². The Morgan fingerprint density at radius 3 is 2.94 bits per heavy atom. The summed E-state index contributed by atoms with van der Waals surface area (Å²) < 4.78 is 4.55. The first-order valence-electron chi connectivity index (χ1n) is 5.59. The van der Waals surface area contributed by atoms with Gasteiger partial charge in [0.25, 0.3) is 0 Å². The van der Waals surface area contributed by atoms with Crippen molar-refractivity contribution in [3.8, 4) is 0 Å². The van der Waals surface area contributed by atoms with Crippen LogP contribution < -0.4 is 10.6 Å². The van der Waals surface area contributed by atoms with Gasteiger partial charge >= 0.3 is 12.0 Å². The summed E-state index contributed by atoms with van der Waals surface area (Å²) in [5.41, 5.74) is 0. The summed E-state index contributed by atoms with van der Waals surface area (Å²) in [5, 5.41) is 17.4. The third kappa shape index (κ3) is 5.83. The molecule has 1 atom stereocenters. The monoisotopic (exact) mass is 256 g/mol. The van der Waals surface area contributed by atoms with Gasteiger partial charge in [-0.2, -0.15) is 4.98 Å². The van der Waals surface area contributed by atoms with Gasteiger partial charge in [-0.1, -0.05) is 5.16 Å². The minimum atomic E-state index is -0.874. The standard InChI is InChI=1S/C10H16N4O4/c1-7(2-3-9(15)16)13-10(17)11-5-4-8-12-6-18-14-8/h6-7H,2-5H2,1H3,(H,15,16)(H2,11,13,17). The first kappa shape index (κ1) is 13.9. The van der Waals surface area contributed by atoms with Gasteiger partial charge in [-0.25, -0.2) is 4.79 Å². The number of aliphatic carboxylic acids is 1. The summed E-state index contributed by atoms with van der Waals surface area (Å²) in [6, 6.07) is -0.525. The van der Waals surface area contributed by atoms with Gasteiger partial charge in [0.05, 0.1) is 0 Å². The third-order valence-electron chi connectivity index (χ3n) is 2.21. The van der Waals surface area contributed by atoms with Gasteiger partial charge in [-0.3, -0.25) is 4.79 Å². The molecule has 0 spiro atoms. The zero-order valence-corrected chi connectivity index (χ0v) is 10.0. The Hall–Kier alpha value is -2.12. The molecule has 3 N–H and O–H groups in total. The molecule has 0 aliphatic carbocycles. The van der Waals surface area contributed by atoms with E-state index >= 15 is 0 Å². The second-order valence-corrected chi connectivity index (χ2v) is 3.83. The molecule has 0 aliphatic heterocycles. The number of hydrogen-bond acceptors (Lipinski definition) is 5. The first-order chi connectivity index (χ1) is 8.58. The molecule has 0 bridgehead atoms. The van der Waals surface area contributed by atoms with Crippen LogP contribution in [0.2, 0.25) is 0 Å². The summed E-state index contributed by atoms with van der Waals surface area (Å²) in [7, 11) is 0. The van der Waals surface area contributed by atoms with E-state index in [9.17, 15) is 9.59 Å². The molecule has 100 valence electrons. The normalized spacial score (nSPS) is 11.8. The van der Waals surface area contributed by atoms with Crippen LogP contribution in [0, 0.1) is 0 Å². The molecule has 0 saturated heterocycles. The van der Waals surface area contributed by atoms with Crippen molar-refractivity contribution < 1.29 is 19.2 Å². The highest BCUT2D eigenvalue weighted by atomic mass is 16.5. The van der Waals surface area contributed by atoms with Crippen LogP contribution in [0.3, 0.4) is 0 Å². The van der Waals surface area contributed by atoms with Gasteiger partial charge < -0.3 is 20.3 Å². The number of aromatic nitrogens is 2. The fraction of sp³-hybridized carbons (Fsp3) is 0.600. The van der Waals surface area contributed by atoms with Crippen LogP contribution in [-0.2, 0) is 11.2 Å². The Bertz CT molecular complexity index is 379. The number of carboxylic acids is 1. The summed E-state index contributed by atoms with van der Waals surface area (Å²) >= 11 is 0. The van der Waals surface area contributed by atoms with Crippen molar-refractivity contribution >= 4 is 12.0 Å². The Morgan fingerprint density at radius 2 is 2.33 bits per heavy atom. The maximum Gasteiger partial charge on any atom is 0.315 e. The maximum absolute atomic E-state index is 11.4. The SMILES string of the molecule is CC(CCC(=O)O)NC(=O)NCCc1ncon1. The smallest absolute Gasteiger partial charge is 0.315 e. The molecule has 0 radical (unpaired) electrons. The highest BCUT2D eigenvalue weighted by Gasteiger charge is 2.08. The van der Waals surface area contributed by atoms with E-state index in [1.807, 2.05) is 0 Å². The van der Waals surface area contributed by atoms with E-state index in [-0.39, 0.29) is 18.5 Å². The Morgan fingerprint density at radius 1 is 1.56 bits per heavy atom. The van der Waals surface area contributed by atoms with Crippen molar-refractivity contribution in [3.63, 3.8) is 0 Å². The van der Waals surface area contributed by atoms with Gasteiger partial charge in [0.1, 0.15) is 0 Å². The van der Waals surface area contributed by atoms with E-state index in [2.05, 4.69) is 25.3 Å². The second-order valence-electron chi connectivity index (χ2n) is 3.83. The molecular weight excluding hydrogens is 240 g/mol. The molecule has 0 saturated carbocycles. The predicted molar refractivity (Wildman–Crippen MR) is 60.9 cm³/mol. The van der Waals surface area contributed by atoms with Crippen molar-refractivity contribution in [2.75, 3.05) is 6.54 Å². The number of carbonyl (C=O) groups is 2. The number of rotatable bonds is 7. The number of nitrogens with one attached hydrogen (secondary N) is 2. The molecule has 1 rings (SSSR count). The molecule has 0 aromatic carbocycles. The fourth-order valence-corrected chi connectivity index (χ4v) is 1.28. The zero-order valence-electron chi connectivity index (χ0n) is 10.0. The van der Waals surface area contributed by atoms with Crippen LogP contribution in [0.15, 0.2) is 10.9 Å². The average molecular weight is 256 g/mol. The molecule has 0 fully saturated rings. The van der Waals surface area contributed by atoms with Crippen LogP contribution in [0.4, 0.5) is 4.79 Å². The van der Waals surface area contributed by atoms with E-state index in [0.29, 0.717) is 25.2 Å². The number of nitrogens with zero attached hydrogens (tertiary/aromatic N) is 2. The van der Waals surface area contributed by atoms with Crippen molar-refractivity contribution in [2.24, 2.45) is 0 Å². The lowest BCUT2D eigenvalue weighted by atomic mass is 10.2. The van der Waals surface area contributed by atoms with Gasteiger partial charge in [0.2, 0.25) is 6.39 Å². The molecule has 8 nitrogen and oxygen atoms in total. The molecule has 1 aromatic rings. The summed E-state index contributed by atoms with van der Waals surface area (Å²) in [6.07, 6.45) is 2.13. The lowest BCUT2D eigenvalue weighted by Gasteiger charge is -2.13. The summed E-state index contributed by atoms with van der Waals surface area (Å²) in [4.78, 5) is 25.5. The van der Waals surface area contributed by atoms with Crippen molar-refractivity contribution in [1.29, 1.82) is 0 Å². The predicted octanol–water partition coefficient (Wildman–Crippen LogP) is 0.165. The van der Waals surface area contributed by atoms with E-state index in [4.69, 9.17) is 5.11 Å². The number of urea groups is 1. The Kier molecular flexibility index (Phi) is 5.62.